The molecule has 1 aliphatic heterocycles. The van der Waals surface area contributed by atoms with Gasteiger partial charge in [-0.2, -0.15) is 13.2 Å². The van der Waals surface area contributed by atoms with Crippen LogP contribution in [0.25, 0.3) is 0 Å². The summed E-state index contributed by atoms with van der Waals surface area (Å²) in [4.78, 5) is 26.7. The first-order valence-corrected chi connectivity index (χ1v) is 10.4. The number of rotatable bonds is 5. The summed E-state index contributed by atoms with van der Waals surface area (Å²) in [6, 6.07) is 16.6. The minimum Gasteiger partial charge on any atom is -0.496 e. The van der Waals surface area contributed by atoms with Gasteiger partial charge >= 0.3 is 6.18 Å². The summed E-state index contributed by atoms with van der Waals surface area (Å²) in [5.41, 5.74) is 1.04. The number of hydrogen-bond acceptors (Lipinski definition) is 4. The number of alkyl halides is 3. The highest BCUT2D eigenvalue weighted by molar-refractivity contribution is 6.06. The summed E-state index contributed by atoms with van der Waals surface area (Å²) in [7, 11) is 1.47. The number of anilines is 1. The van der Waals surface area contributed by atoms with Crippen LogP contribution in [0.1, 0.15) is 27.0 Å². The van der Waals surface area contributed by atoms with Crippen molar-refractivity contribution in [1.29, 1.82) is 0 Å². The summed E-state index contributed by atoms with van der Waals surface area (Å²) in [6.45, 7) is -0.134. The maximum Gasteiger partial charge on any atom is 0.416 e. The minimum atomic E-state index is -4.47. The zero-order valence-electron chi connectivity index (χ0n) is 18.2. The monoisotopic (exact) mass is 470 g/mol. The lowest BCUT2D eigenvalue weighted by Gasteiger charge is -2.21. The second-order valence-electron chi connectivity index (χ2n) is 7.71. The molecule has 1 aliphatic rings. The number of para-hydroxylation sites is 1. The Kier molecular flexibility index (Phi) is 6.45. The van der Waals surface area contributed by atoms with E-state index in [2.05, 4.69) is 5.32 Å². The zero-order valence-corrected chi connectivity index (χ0v) is 18.2. The Balaban J connectivity index is 1.54. The molecule has 176 valence electrons. The third-order valence-corrected chi connectivity index (χ3v) is 5.36. The molecule has 0 unspecified atom stereocenters. The first-order chi connectivity index (χ1) is 16.2. The molecule has 6 nitrogen and oxygen atoms in total. The van der Waals surface area contributed by atoms with E-state index in [9.17, 15) is 22.8 Å². The van der Waals surface area contributed by atoms with Crippen molar-refractivity contribution >= 4 is 17.5 Å². The van der Waals surface area contributed by atoms with Gasteiger partial charge in [0.15, 0.2) is 6.61 Å². The predicted molar refractivity (Wildman–Crippen MR) is 119 cm³/mol. The van der Waals surface area contributed by atoms with Gasteiger partial charge in [-0.15, -0.1) is 0 Å². The normalized spacial score (nSPS) is 13.5. The summed E-state index contributed by atoms with van der Waals surface area (Å²) in [6.07, 6.45) is -4.47. The third kappa shape index (κ3) is 5.14. The molecule has 0 atom stereocenters. The largest absolute Gasteiger partial charge is 0.496 e. The molecular weight excluding hydrogens is 449 g/mol. The smallest absolute Gasteiger partial charge is 0.416 e. The second kappa shape index (κ2) is 9.46. The van der Waals surface area contributed by atoms with Crippen molar-refractivity contribution < 1.29 is 32.2 Å². The van der Waals surface area contributed by atoms with Gasteiger partial charge in [-0.05, 0) is 48.0 Å². The molecule has 0 spiro atoms. The average molecular weight is 470 g/mol. The molecule has 0 saturated carbocycles. The Bertz CT molecular complexity index is 1230. The topological polar surface area (TPSA) is 67.9 Å². The number of hydrogen-bond donors (Lipinski definition) is 1. The number of benzene rings is 3. The van der Waals surface area contributed by atoms with E-state index in [4.69, 9.17) is 9.47 Å². The van der Waals surface area contributed by atoms with Crippen molar-refractivity contribution in [3.05, 3.63) is 89.0 Å². The highest BCUT2D eigenvalue weighted by atomic mass is 19.4. The van der Waals surface area contributed by atoms with E-state index >= 15 is 0 Å². The van der Waals surface area contributed by atoms with E-state index in [0.717, 1.165) is 12.1 Å². The fourth-order valence-corrected chi connectivity index (χ4v) is 3.69. The molecule has 0 aromatic heterocycles. The van der Waals surface area contributed by atoms with Gasteiger partial charge in [0.25, 0.3) is 11.8 Å². The molecule has 0 aliphatic carbocycles. The molecule has 34 heavy (non-hydrogen) atoms. The number of amides is 2. The van der Waals surface area contributed by atoms with Crippen molar-refractivity contribution in [2.45, 2.75) is 19.3 Å². The fourth-order valence-electron chi connectivity index (χ4n) is 3.69. The van der Waals surface area contributed by atoms with E-state index in [1.165, 1.54) is 18.1 Å². The van der Waals surface area contributed by atoms with Crippen LogP contribution in [0.3, 0.4) is 0 Å². The molecule has 3 aromatic carbocycles. The molecule has 0 bridgehead atoms. The zero-order chi connectivity index (χ0) is 24.3. The average Bonchev–Trinajstić information content (AvgIpc) is 2.97. The van der Waals surface area contributed by atoms with Crippen LogP contribution in [0.15, 0.2) is 66.7 Å². The van der Waals surface area contributed by atoms with E-state index < -0.39 is 11.7 Å². The van der Waals surface area contributed by atoms with Crippen LogP contribution in [0.2, 0.25) is 0 Å². The highest BCUT2D eigenvalue weighted by Gasteiger charge is 2.31. The van der Waals surface area contributed by atoms with Crippen LogP contribution in [0, 0.1) is 0 Å². The molecule has 1 heterocycles. The predicted octanol–water partition coefficient (Wildman–Crippen LogP) is 4.89. The summed E-state index contributed by atoms with van der Waals surface area (Å²) in [5, 5.41) is 2.80. The maximum atomic E-state index is 13.1. The second-order valence-corrected chi connectivity index (χ2v) is 7.71. The van der Waals surface area contributed by atoms with Gasteiger partial charge < -0.3 is 19.7 Å². The van der Waals surface area contributed by atoms with Gasteiger partial charge in [0.2, 0.25) is 0 Å². The number of fused-ring (bicyclic) bond motifs is 1. The number of methoxy groups -OCH3 is 1. The molecule has 3 aromatic rings. The van der Waals surface area contributed by atoms with Crippen molar-refractivity contribution in [3.63, 3.8) is 0 Å². The van der Waals surface area contributed by atoms with E-state index in [1.54, 1.807) is 48.5 Å². The molecule has 1 N–H and O–H groups in total. The minimum absolute atomic E-state index is 0.0106. The lowest BCUT2D eigenvalue weighted by molar-refractivity contribution is -0.137. The van der Waals surface area contributed by atoms with Crippen molar-refractivity contribution in [3.8, 4) is 11.5 Å². The van der Waals surface area contributed by atoms with Gasteiger partial charge in [0.05, 0.1) is 18.2 Å². The quantitative estimate of drug-likeness (QED) is 0.577. The molecule has 4 rings (SSSR count). The highest BCUT2D eigenvalue weighted by Crippen LogP contribution is 2.31. The van der Waals surface area contributed by atoms with Crippen LogP contribution in [-0.4, -0.2) is 30.4 Å². The Morgan fingerprint density at radius 3 is 2.65 bits per heavy atom. The third-order valence-electron chi connectivity index (χ3n) is 5.36. The SMILES string of the molecule is COc1ccccc1C(=O)Nc1ccc2c(c1)CN(Cc1cccc(C(F)(F)F)c1)C(=O)CO2. The Morgan fingerprint density at radius 2 is 1.88 bits per heavy atom. The summed E-state index contributed by atoms with van der Waals surface area (Å²) >= 11 is 0. The van der Waals surface area contributed by atoms with E-state index in [0.29, 0.717) is 33.9 Å². The number of ether oxygens (including phenoxy) is 2. The maximum absolute atomic E-state index is 13.1. The van der Waals surface area contributed by atoms with Crippen LogP contribution in [0.4, 0.5) is 18.9 Å². The fraction of sp³-hybridized carbons (Fsp3) is 0.200. The number of nitrogens with one attached hydrogen (secondary N) is 1. The van der Waals surface area contributed by atoms with Crippen molar-refractivity contribution in [2.75, 3.05) is 19.0 Å². The Morgan fingerprint density at radius 1 is 1.09 bits per heavy atom. The molecule has 2 amide bonds. The van der Waals surface area contributed by atoms with Crippen LogP contribution < -0.4 is 14.8 Å². The molecular formula is C25H21F3N2O4. The number of nitrogens with zero attached hydrogens (tertiary/aromatic N) is 1. The van der Waals surface area contributed by atoms with Gasteiger partial charge in [-0.25, -0.2) is 0 Å². The van der Waals surface area contributed by atoms with E-state index in [-0.39, 0.29) is 31.5 Å². The molecule has 0 fully saturated rings. The number of carbonyl (C=O) groups excluding carboxylic acids is 2. The Labute approximate surface area is 193 Å². The number of halogens is 3. The number of carbonyl (C=O) groups is 2. The van der Waals surface area contributed by atoms with Crippen LogP contribution in [-0.2, 0) is 24.1 Å². The van der Waals surface area contributed by atoms with Gasteiger partial charge in [0, 0.05) is 24.3 Å². The van der Waals surface area contributed by atoms with Gasteiger partial charge in [0.1, 0.15) is 11.5 Å². The van der Waals surface area contributed by atoms with Crippen LogP contribution in [0.5, 0.6) is 11.5 Å². The van der Waals surface area contributed by atoms with Crippen molar-refractivity contribution in [1.82, 2.24) is 4.90 Å². The van der Waals surface area contributed by atoms with Gasteiger partial charge in [-0.1, -0.05) is 24.3 Å². The molecule has 9 heteroatoms. The van der Waals surface area contributed by atoms with E-state index in [1.807, 2.05) is 0 Å². The standard InChI is InChI=1S/C25H21F3N2O4/c1-33-22-8-3-2-7-20(22)24(32)29-19-9-10-21-17(12-19)14-30(23(31)15-34-21)13-16-5-4-6-18(11-16)25(26,27)28/h2-12H,13-15H2,1H3,(H,29,32). The van der Waals surface area contributed by atoms with Gasteiger partial charge in [-0.3, -0.25) is 9.59 Å². The lowest BCUT2D eigenvalue weighted by atomic mass is 10.1. The summed E-state index contributed by atoms with van der Waals surface area (Å²) in [5.74, 6) is 0.170. The van der Waals surface area contributed by atoms with Crippen molar-refractivity contribution in [2.24, 2.45) is 0 Å². The molecule has 0 saturated heterocycles. The first-order valence-electron chi connectivity index (χ1n) is 10.4. The molecule has 0 radical (unpaired) electrons. The Hall–Kier alpha value is -4.01. The lowest BCUT2D eigenvalue weighted by Crippen LogP contribution is -2.32. The first kappa shape index (κ1) is 23.2. The van der Waals surface area contributed by atoms with Crippen LogP contribution >= 0.6 is 0 Å². The summed E-state index contributed by atoms with van der Waals surface area (Å²) < 4.78 is 50.0.